The van der Waals surface area contributed by atoms with Crippen molar-refractivity contribution in [3.05, 3.63) is 36.5 Å². The first kappa shape index (κ1) is 9.74. The Morgan fingerprint density at radius 1 is 1.64 bits per heavy atom. The van der Waals surface area contributed by atoms with Crippen molar-refractivity contribution in [2.75, 3.05) is 13.7 Å². The molecule has 0 fully saturated rings. The predicted molar refractivity (Wildman–Crippen MR) is 48.1 cm³/mol. The van der Waals surface area contributed by atoms with Crippen molar-refractivity contribution in [2.24, 2.45) is 0 Å². The molecule has 0 N–H and O–H groups in total. The highest BCUT2D eigenvalue weighted by Crippen LogP contribution is 1.92. The lowest BCUT2D eigenvalue weighted by Crippen LogP contribution is -1.90. The van der Waals surface area contributed by atoms with Crippen molar-refractivity contribution in [1.82, 2.24) is 0 Å². The number of hydrogen-bond acceptors (Lipinski definition) is 1. The molecule has 0 bridgehead atoms. The first-order chi connectivity index (χ1) is 5.35. The fraction of sp³-hybridized carbons (Fsp3) is 0.200. The number of rotatable bonds is 4. The zero-order valence-electron chi connectivity index (χ0n) is 6.71. The molecule has 0 amide bonds. The highest BCUT2D eigenvalue weighted by Gasteiger charge is 1.85. The van der Waals surface area contributed by atoms with Gasteiger partial charge in [0.1, 0.15) is 0 Å². The van der Waals surface area contributed by atoms with E-state index in [1.165, 1.54) is 0 Å². The minimum Gasteiger partial charge on any atom is -0.379 e. The monoisotopic (exact) mass is 148 g/mol. The zero-order valence-corrected chi connectivity index (χ0v) is 6.71. The molecular formula is C10H12O. The van der Waals surface area contributed by atoms with Crippen molar-refractivity contribution in [2.45, 2.75) is 0 Å². The third kappa shape index (κ3) is 5.20. The van der Waals surface area contributed by atoms with Gasteiger partial charge in [-0.3, -0.25) is 0 Å². The van der Waals surface area contributed by atoms with Crippen LogP contribution >= 0.6 is 0 Å². The molecule has 0 aliphatic rings. The first-order valence-corrected chi connectivity index (χ1v) is 3.29. The summed E-state index contributed by atoms with van der Waals surface area (Å²) >= 11 is 0. The summed E-state index contributed by atoms with van der Waals surface area (Å²) in [6.07, 6.45) is 12.3. The topological polar surface area (TPSA) is 9.23 Å². The standard InChI is InChI=1S/C10H12O/c1-4-6-7-8-10(5-2)9-11-3/h2,4,6-8H,1,9H2,3H3/b7-6-,10-8-. The molecule has 0 unspecified atom stereocenters. The molecule has 0 aliphatic carbocycles. The van der Waals surface area contributed by atoms with Gasteiger partial charge < -0.3 is 4.74 Å². The SMILES string of the molecule is C#C/C(=C/C=C\C=C)COC. The van der Waals surface area contributed by atoms with Crippen LogP contribution in [0.5, 0.6) is 0 Å². The molecule has 0 aromatic rings. The molecule has 0 saturated carbocycles. The highest BCUT2D eigenvalue weighted by molar-refractivity contribution is 5.30. The molecule has 1 nitrogen and oxygen atoms in total. The van der Waals surface area contributed by atoms with Gasteiger partial charge in [0, 0.05) is 12.7 Å². The Bertz CT molecular complexity index is 203. The van der Waals surface area contributed by atoms with E-state index < -0.39 is 0 Å². The van der Waals surface area contributed by atoms with E-state index in [0.717, 1.165) is 5.57 Å². The molecule has 0 aromatic carbocycles. The second kappa shape index (κ2) is 6.85. The number of terminal acetylenes is 1. The van der Waals surface area contributed by atoms with E-state index in [-0.39, 0.29) is 0 Å². The summed E-state index contributed by atoms with van der Waals surface area (Å²) in [6, 6.07) is 0. The molecule has 0 rings (SSSR count). The summed E-state index contributed by atoms with van der Waals surface area (Å²) in [5, 5.41) is 0. The molecule has 0 spiro atoms. The molecule has 58 valence electrons. The van der Waals surface area contributed by atoms with Crippen LogP contribution in [0.3, 0.4) is 0 Å². The van der Waals surface area contributed by atoms with Gasteiger partial charge in [0.15, 0.2) is 0 Å². The van der Waals surface area contributed by atoms with Crippen molar-refractivity contribution in [3.8, 4) is 12.3 Å². The smallest absolute Gasteiger partial charge is 0.0791 e. The van der Waals surface area contributed by atoms with Gasteiger partial charge in [-0.15, -0.1) is 6.42 Å². The Morgan fingerprint density at radius 2 is 2.36 bits per heavy atom. The zero-order chi connectivity index (χ0) is 8.53. The Labute approximate surface area is 68.1 Å². The summed E-state index contributed by atoms with van der Waals surface area (Å²) in [5.41, 5.74) is 0.825. The molecule has 0 radical (unpaired) electrons. The van der Waals surface area contributed by atoms with E-state index in [2.05, 4.69) is 12.5 Å². The van der Waals surface area contributed by atoms with Crippen molar-refractivity contribution in [1.29, 1.82) is 0 Å². The quantitative estimate of drug-likeness (QED) is 0.437. The summed E-state index contributed by atoms with van der Waals surface area (Å²) in [5.74, 6) is 2.51. The molecule has 0 saturated heterocycles. The van der Waals surface area contributed by atoms with Crippen LogP contribution in [0.15, 0.2) is 36.5 Å². The van der Waals surface area contributed by atoms with Gasteiger partial charge in [0.25, 0.3) is 0 Å². The minimum absolute atomic E-state index is 0.484. The maximum absolute atomic E-state index is 5.18. The van der Waals surface area contributed by atoms with Gasteiger partial charge in [-0.05, 0) is 6.08 Å². The normalized spacial score (nSPS) is 11.5. The Morgan fingerprint density at radius 3 is 2.82 bits per heavy atom. The number of ether oxygens (including phenoxy) is 1. The summed E-state index contributed by atoms with van der Waals surface area (Å²) < 4.78 is 4.86. The third-order valence-electron chi connectivity index (χ3n) is 1.03. The van der Waals surface area contributed by atoms with Gasteiger partial charge >= 0.3 is 0 Å². The van der Waals surface area contributed by atoms with E-state index in [1.807, 2.05) is 18.2 Å². The molecule has 0 atom stereocenters. The lowest BCUT2D eigenvalue weighted by Gasteiger charge is -1.93. The highest BCUT2D eigenvalue weighted by atomic mass is 16.5. The van der Waals surface area contributed by atoms with Gasteiger partial charge in [-0.25, -0.2) is 0 Å². The second-order valence-corrected chi connectivity index (χ2v) is 1.89. The fourth-order valence-corrected chi connectivity index (χ4v) is 0.544. The Balaban J connectivity index is 4.03. The average molecular weight is 148 g/mol. The molecule has 11 heavy (non-hydrogen) atoms. The van der Waals surface area contributed by atoms with Crippen LogP contribution in [0.2, 0.25) is 0 Å². The van der Waals surface area contributed by atoms with Crippen molar-refractivity contribution >= 4 is 0 Å². The van der Waals surface area contributed by atoms with Crippen LogP contribution < -0.4 is 0 Å². The summed E-state index contributed by atoms with van der Waals surface area (Å²) in [6.45, 7) is 4.01. The van der Waals surface area contributed by atoms with E-state index in [4.69, 9.17) is 11.2 Å². The Kier molecular flexibility index (Phi) is 6.07. The number of methoxy groups -OCH3 is 1. The third-order valence-corrected chi connectivity index (χ3v) is 1.03. The molecule has 0 aliphatic heterocycles. The van der Waals surface area contributed by atoms with Crippen LogP contribution in [0.4, 0.5) is 0 Å². The first-order valence-electron chi connectivity index (χ1n) is 3.29. The van der Waals surface area contributed by atoms with Gasteiger partial charge in [0.05, 0.1) is 6.61 Å². The maximum Gasteiger partial charge on any atom is 0.0791 e. The molecular weight excluding hydrogens is 136 g/mol. The minimum atomic E-state index is 0.484. The Hall–Kier alpha value is -1.26. The van der Waals surface area contributed by atoms with E-state index in [0.29, 0.717) is 6.61 Å². The van der Waals surface area contributed by atoms with Crippen LogP contribution in [-0.2, 0) is 4.74 Å². The largest absolute Gasteiger partial charge is 0.379 e. The van der Waals surface area contributed by atoms with E-state index in [1.54, 1.807) is 13.2 Å². The van der Waals surface area contributed by atoms with E-state index in [9.17, 15) is 0 Å². The summed E-state index contributed by atoms with van der Waals surface area (Å²) in [4.78, 5) is 0. The predicted octanol–water partition coefficient (Wildman–Crippen LogP) is 1.93. The van der Waals surface area contributed by atoms with Gasteiger partial charge in [-0.1, -0.05) is 30.7 Å². The second-order valence-electron chi connectivity index (χ2n) is 1.89. The number of allylic oxidation sites excluding steroid dienone is 4. The lowest BCUT2D eigenvalue weighted by atomic mass is 10.2. The van der Waals surface area contributed by atoms with Crippen LogP contribution in [0.1, 0.15) is 0 Å². The molecule has 1 heteroatoms. The molecule has 0 aromatic heterocycles. The lowest BCUT2D eigenvalue weighted by molar-refractivity contribution is 0.229. The van der Waals surface area contributed by atoms with Crippen LogP contribution in [0.25, 0.3) is 0 Å². The summed E-state index contributed by atoms with van der Waals surface area (Å²) in [7, 11) is 1.61. The number of hydrogen-bond donors (Lipinski definition) is 0. The van der Waals surface area contributed by atoms with Gasteiger partial charge in [-0.2, -0.15) is 0 Å². The van der Waals surface area contributed by atoms with Crippen molar-refractivity contribution < 1.29 is 4.74 Å². The average Bonchev–Trinajstić information content (AvgIpc) is 2.03. The van der Waals surface area contributed by atoms with Crippen LogP contribution in [0, 0.1) is 12.3 Å². The fourth-order valence-electron chi connectivity index (χ4n) is 0.544. The van der Waals surface area contributed by atoms with Gasteiger partial charge in [0.2, 0.25) is 0 Å². The molecule has 0 heterocycles. The van der Waals surface area contributed by atoms with Crippen LogP contribution in [-0.4, -0.2) is 13.7 Å². The maximum atomic E-state index is 5.18. The van der Waals surface area contributed by atoms with Crippen molar-refractivity contribution in [3.63, 3.8) is 0 Å². The van der Waals surface area contributed by atoms with E-state index >= 15 is 0 Å².